The van der Waals surface area contributed by atoms with Crippen molar-refractivity contribution in [1.29, 1.82) is 0 Å². The highest BCUT2D eigenvalue weighted by Gasteiger charge is 2.31. The van der Waals surface area contributed by atoms with Crippen molar-refractivity contribution in [1.82, 2.24) is 0 Å². The summed E-state index contributed by atoms with van der Waals surface area (Å²) in [6, 6.07) is 1.56. The largest absolute Gasteiger partial charge is 0.326 e. The molecule has 0 heterocycles. The number of nitrogens with one attached hydrogen (secondary N) is 1. The average molecular weight is 323 g/mol. The summed E-state index contributed by atoms with van der Waals surface area (Å²) in [6.45, 7) is 6.00. The molecule has 124 valence electrons. The van der Waals surface area contributed by atoms with Gasteiger partial charge in [0.2, 0.25) is 5.91 Å². The molecule has 0 aromatic heterocycles. The lowest BCUT2D eigenvalue weighted by Gasteiger charge is -2.18. The molecule has 2 rings (SSSR count). The molecule has 1 amide bonds. The lowest BCUT2D eigenvalue weighted by atomic mass is 9.88. The van der Waals surface area contributed by atoms with Crippen molar-refractivity contribution in [2.75, 3.05) is 5.32 Å². The predicted molar refractivity (Wildman–Crippen MR) is 84.3 cm³/mol. The highest BCUT2D eigenvalue weighted by Crippen LogP contribution is 2.40. The van der Waals surface area contributed by atoms with E-state index in [1.807, 2.05) is 13.0 Å². The van der Waals surface area contributed by atoms with E-state index >= 15 is 0 Å². The Hall–Kier alpha value is -2.04. The molecule has 0 saturated heterocycles. The molecule has 0 aliphatic heterocycles. The zero-order chi connectivity index (χ0) is 17.0. The molecule has 1 saturated carbocycles. The van der Waals surface area contributed by atoms with Crippen molar-refractivity contribution in [2.45, 2.75) is 32.6 Å². The van der Waals surface area contributed by atoms with Crippen LogP contribution in [0.3, 0.4) is 0 Å². The summed E-state index contributed by atoms with van der Waals surface area (Å²) in [6.07, 6.45) is 6.87. The molecule has 5 heteroatoms. The van der Waals surface area contributed by atoms with E-state index in [9.17, 15) is 18.0 Å². The highest BCUT2D eigenvalue weighted by molar-refractivity contribution is 5.90. The van der Waals surface area contributed by atoms with Crippen molar-refractivity contribution < 1.29 is 18.0 Å². The van der Waals surface area contributed by atoms with Gasteiger partial charge in [-0.2, -0.15) is 0 Å². The number of carbonyl (C=O) groups excluding carboxylic acids is 1. The normalized spacial score (nSPS) is 21.1. The van der Waals surface area contributed by atoms with E-state index in [0.29, 0.717) is 0 Å². The maximum Gasteiger partial charge on any atom is 0.224 e. The zero-order valence-electron chi connectivity index (χ0n) is 13.0. The quantitative estimate of drug-likeness (QED) is 0.601. The first-order valence-corrected chi connectivity index (χ1v) is 7.65. The summed E-state index contributed by atoms with van der Waals surface area (Å²) >= 11 is 0. The van der Waals surface area contributed by atoms with E-state index in [0.717, 1.165) is 37.0 Å². The van der Waals surface area contributed by atoms with Crippen molar-refractivity contribution in [2.24, 2.45) is 11.8 Å². The molecule has 2 atom stereocenters. The van der Waals surface area contributed by atoms with Crippen LogP contribution < -0.4 is 5.32 Å². The van der Waals surface area contributed by atoms with E-state index in [2.05, 4.69) is 18.0 Å². The minimum Gasteiger partial charge on any atom is -0.326 e. The van der Waals surface area contributed by atoms with Crippen LogP contribution in [0.25, 0.3) is 0 Å². The molecule has 0 spiro atoms. The summed E-state index contributed by atoms with van der Waals surface area (Å²) in [5.41, 5.74) is 1.06. The molecular weight excluding hydrogens is 303 g/mol. The van der Waals surface area contributed by atoms with E-state index in [-0.39, 0.29) is 29.9 Å². The first-order valence-electron chi connectivity index (χ1n) is 7.65. The molecule has 23 heavy (non-hydrogen) atoms. The first kappa shape index (κ1) is 17.3. The Morgan fingerprint density at radius 3 is 2.61 bits per heavy atom. The van der Waals surface area contributed by atoms with Gasteiger partial charge in [-0.1, -0.05) is 24.3 Å². The maximum absolute atomic E-state index is 13.2. The van der Waals surface area contributed by atoms with E-state index in [1.54, 1.807) is 0 Å². The fourth-order valence-corrected chi connectivity index (χ4v) is 3.05. The molecule has 0 bridgehead atoms. The standard InChI is InChI=1S/C18H20F3NO/c1-3-4-5-14-11(2)6-7-12(14)8-17(23)22-13-9-15(19)18(21)16(20)10-13/h3-4,9-10,12,14H,2,5-8H2,1H3,(H,22,23)/b4-3-/t12-,14+/m1/s1. The summed E-state index contributed by atoms with van der Waals surface area (Å²) in [4.78, 5) is 12.1. The van der Waals surface area contributed by atoms with Gasteiger partial charge in [0.1, 0.15) is 0 Å². The third kappa shape index (κ3) is 4.24. The monoisotopic (exact) mass is 323 g/mol. The molecule has 1 aliphatic rings. The Labute approximate surface area is 134 Å². The Bertz CT molecular complexity index is 616. The predicted octanol–water partition coefficient (Wildman–Crippen LogP) is 4.98. The van der Waals surface area contributed by atoms with Crippen LogP contribution in [0.2, 0.25) is 0 Å². The van der Waals surface area contributed by atoms with Crippen molar-refractivity contribution in [3.63, 3.8) is 0 Å². The number of hydrogen-bond donors (Lipinski definition) is 1. The average Bonchev–Trinajstić information content (AvgIpc) is 2.82. The molecule has 0 radical (unpaired) electrons. The molecular formula is C18H20F3NO. The zero-order valence-corrected chi connectivity index (χ0v) is 13.0. The summed E-state index contributed by atoms with van der Waals surface area (Å²) in [5, 5.41) is 2.44. The molecule has 0 unspecified atom stereocenters. The van der Waals surface area contributed by atoms with Crippen molar-refractivity contribution in [3.8, 4) is 0 Å². The van der Waals surface area contributed by atoms with Gasteiger partial charge in [-0.15, -0.1) is 0 Å². The van der Waals surface area contributed by atoms with Gasteiger partial charge in [0, 0.05) is 24.2 Å². The van der Waals surface area contributed by atoms with Gasteiger partial charge in [-0.25, -0.2) is 13.2 Å². The number of anilines is 1. The van der Waals surface area contributed by atoms with Crippen LogP contribution in [0.4, 0.5) is 18.9 Å². The fourth-order valence-electron chi connectivity index (χ4n) is 3.05. The topological polar surface area (TPSA) is 29.1 Å². The first-order chi connectivity index (χ1) is 10.9. The second kappa shape index (κ2) is 7.49. The number of benzene rings is 1. The lowest BCUT2D eigenvalue weighted by Crippen LogP contribution is -2.19. The van der Waals surface area contributed by atoms with Crippen LogP contribution in [-0.2, 0) is 4.79 Å². The smallest absolute Gasteiger partial charge is 0.224 e. The molecule has 1 aromatic rings. The Balaban J connectivity index is 2.00. The maximum atomic E-state index is 13.2. The third-order valence-electron chi connectivity index (χ3n) is 4.27. The van der Waals surface area contributed by atoms with Gasteiger partial charge in [0.25, 0.3) is 0 Å². The minimum atomic E-state index is -1.54. The van der Waals surface area contributed by atoms with Crippen LogP contribution >= 0.6 is 0 Å². The van der Waals surface area contributed by atoms with Crippen LogP contribution in [0.1, 0.15) is 32.6 Å². The van der Waals surface area contributed by atoms with Gasteiger partial charge in [-0.3, -0.25) is 4.79 Å². The van der Waals surface area contributed by atoms with Crippen LogP contribution in [0.5, 0.6) is 0 Å². The number of amides is 1. The second-order valence-electron chi connectivity index (χ2n) is 5.87. The van der Waals surface area contributed by atoms with Crippen molar-refractivity contribution in [3.05, 3.63) is 53.9 Å². The van der Waals surface area contributed by atoms with Gasteiger partial charge in [-0.05, 0) is 38.0 Å². The van der Waals surface area contributed by atoms with E-state index in [1.165, 1.54) is 0 Å². The third-order valence-corrected chi connectivity index (χ3v) is 4.27. The van der Waals surface area contributed by atoms with Gasteiger partial charge < -0.3 is 5.32 Å². The van der Waals surface area contributed by atoms with Crippen molar-refractivity contribution >= 4 is 11.6 Å². The lowest BCUT2D eigenvalue weighted by molar-refractivity contribution is -0.117. The van der Waals surface area contributed by atoms with Crippen LogP contribution in [-0.4, -0.2) is 5.91 Å². The van der Waals surface area contributed by atoms with E-state index in [4.69, 9.17) is 0 Å². The number of hydrogen-bond acceptors (Lipinski definition) is 1. The van der Waals surface area contributed by atoms with Crippen LogP contribution in [0.15, 0.2) is 36.4 Å². The van der Waals surface area contributed by atoms with Gasteiger partial charge in [0.15, 0.2) is 17.5 Å². The second-order valence-corrected chi connectivity index (χ2v) is 5.87. The molecule has 1 N–H and O–H groups in total. The summed E-state index contributed by atoms with van der Waals surface area (Å²) < 4.78 is 39.2. The highest BCUT2D eigenvalue weighted by atomic mass is 19.2. The fraction of sp³-hybridized carbons (Fsp3) is 0.389. The Morgan fingerprint density at radius 2 is 2.00 bits per heavy atom. The number of allylic oxidation sites excluding steroid dienone is 3. The minimum absolute atomic E-state index is 0.0757. The van der Waals surface area contributed by atoms with Gasteiger partial charge >= 0.3 is 0 Å². The molecule has 1 fully saturated rings. The molecule has 1 aliphatic carbocycles. The summed E-state index contributed by atoms with van der Waals surface area (Å²) in [5.74, 6) is -4.10. The SMILES string of the molecule is C=C1CC[C@H](CC(=O)Nc2cc(F)c(F)c(F)c2)[C@H]1C/C=C\C. The number of rotatable bonds is 5. The number of carbonyl (C=O) groups is 1. The number of halogens is 3. The van der Waals surface area contributed by atoms with Crippen LogP contribution in [0, 0.1) is 29.3 Å². The Kier molecular flexibility index (Phi) is 5.64. The Morgan fingerprint density at radius 1 is 1.35 bits per heavy atom. The molecule has 2 nitrogen and oxygen atoms in total. The van der Waals surface area contributed by atoms with E-state index < -0.39 is 17.5 Å². The van der Waals surface area contributed by atoms with Gasteiger partial charge in [0.05, 0.1) is 0 Å². The summed E-state index contributed by atoms with van der Waals surface area (Å²) in [7, 11) is 0. The molecule has 1 aromatic carbocycles.